The fourth-order valence-corrected chi connectivity index (χ4v) is 16.9. The number of hydrogen-bond acceptors (Lipinski definition) is 16. The van der Waals surface area contributed by atoms with E-state index >= 15 is 0 Å². The van der Waals surface area contributed by atoms with Crippen LogP contribution in [-0.2, 0) is 33.5 Å². The van der Waals surface area contributed by atoms with Gasteiger partial charge < -0.3 is 46.4 Å². The second kappa shape index (κ2) is 46.8. The number of nitrogens with zero attached hydrogens (tertiary/aromatic N) is 4. The summed E-state index contributed by atoms with van der Waals surface area (Å²) in [5, 5.41) is 29.8. The summed E-state index contributed by atoms with van der Waals surface area (Å²) in [6, 6.07) is 20.2. The van der Waals surface area contributed by atoms with Gasteiger partial charge in [-0.25, -0.2) is 23.1 Å². The first-order chi connectivity index (χ1) is 53.9. The van der Waals surface area contributed by atoms with Crippen LogP contribution in [0.4, 0.5) is 24.5 Å². The van der Waals surface area contributed by atoms with Crippen molar-refractivity contribution in [2.45, 2.75) is 279 Å². The number of nitrogens with one attached hydrogen (secondary N) is 3. The monoisotopic (exact) mass is 1710 g/mol. The van der Waals surface area contributed by atoms with Crippen LogP contribution >= 0.6 is 45.3 Å². The minimum Gasteiger partial charge on any atom is -0.391 e. The molecule has 6 aromatic rings. The van der Waals surface area contributed by atoms with Gasteiger partial charge in [-0.05, 0) is 146 Å². The number of unbranched alkanes of at least 4 members (excludes halogenated alkanes) is 19. The second-order valence-corrected chi connectivity index (χ2v) is 36.0. The first-order valence-electron chi connectivity index (χ1n) is 41.0. The molecule has 0 spiro atoms. The van der Waals surface area contributed by atoms with Crippen LogP contribution in [0.2, 0.25) is 0 Å². The molecular formula is C89H124F3IN8O10S2. The Balaban J connectivity index is 0.000000346. The van der Waals surface area contributed by atoms with Gasteiger partial charge in [0.25, 0.3) is 0 Å². The average Bonchev–Trinajstić information content (AvgIpc) is 1.75. The molecule has 4 amide bonds. The molecule has 2 aliphatic heterocycles. The molecule has 0 bridgehead atoms. The summed E-state index contributed by atoms with van der Waals surface area (Å²) in [4.78, 5) is 108. The van der Waals surface area contributed by atoms with Gasteiger partial charge in [0.05, 0.1) is 67.8 Å². The molecule has 18 nitrogen and oxygen atoms in total. The third kappa shape index (κ3) is 29.7. The number of rotatable bonds is 45. The Bertz CT molecular complexity index is 4010. The van der Waals surface area contributed by atoms with Crippen LogP contribution in [0.5, 0.6) is 0 Å². The van der Waals surface area contributed by atoms with Gasteiger partial charge in [-0.2, -0.15) is 0 Å². The molecule has 0 aliphatic carbocycles. The van der Waals surface area contributed by atoms with E-state index in [2.05, 4.69) is 25.9 Å². The molecule has 24 heteroatoms. The number of aliphatic hydroxyl groups is 2. The van der Waals surface area contributed by atoms with Crippen LogP contribution in [0.3, 0.4) is 0 Å². The minimum absolute atomic E-state index is 0.0532. The predicted octanol–water partition coefficient (Wildman–Crippen LogP) is 19.4. The molecule has 2 aromatic heterocycles. The molecular weight excluding hydrogens is 1590 g/mol. The van der Waals surface area contributed by atoms with Crippen molar-refractivity contribution < 1.29 is 61.7 Å². The highest BCUT2D eigenvalue weighted by Crippen LogP contribution is 2.38. The summed E-state index contributed by atoms with van der Waals surface area (Å²) < 4.78 is 49.3. The predicted molar refractivity (Wildman–Crippen MR) is 454 cm³/mol. The van der Waals surface area contributed by atoms with E-state index < -0.39 is 75.9 Å². The number of halogens is 4. The number of hydrogen-bond donors (Lipinski definition) is 6. The Morgan fingerprint density at radius 1 is 0.558 bits per heavy atom. The van der Waals surface area contributed by atoms with Gasteiger partial charge in [0, 0.05) is 79.2 Å². The number of ether oxygens (including phenoxy) is 1. The van der Waals surface area contributed by atoms with Crippen molar-refractivity contribution in [1.29, 1.82) is 0 Å². The van der Waals surface area contributed by atoms with Crippen molar-refractivity contribution in [3.63, 3.8) is 0 Å². The third-order valence-corrected chi connectivity index (χ3v) is 24.4. The minimum atomic E-state index is -1.26. The van der Waals surface area contributed by atoms with E-state index in [9.17, 15) is 56.9 Å². The van der Waals surface area contributed by atoms with Crippen LogP contribution in [0.25, 0.3) is 20.9 Å². The maximum atomic E-state index is 14.7. The number of aryl methyl sites for hydroxylation is 2. The van der Waals surface area contributed by atoms with Crippen molar-refractivity contribution in [1.82, 2.24) is 30.4 Å². The smallest absolute Gasteiger partial charge is 0.243 e. The molecule has 2 aliphatic rings. The highest BCUT2D eigenvalue weighted by molar-refractivity contribution is 14.1. The van der Waals surface area contributed by atoms with Crippen LogP contribution in [0, 0.1) is 57.5 Å². The topological polar surface area (TPSA) is 264 Å². The number of aliphatic hydroxyl groups excluding tert-OH is 2. The highest BCUT2D eigenvalue weighted by Gasteiger charge is 2.46. The average molecular weight is 1710 g/mol. The van der Waals surface area contributed by atoms with E-state index in [-0.39, 0.29) is 104 Å². The zero-order chi connectivity index (χ0) is 82.4. The molecule has 0 saturated carbocycles. The number of anilines is 2. The standard InChI is InChI=1S/C54H70F3IN4O6S.C35H54N4O4S/c1-35(37-20-22-38(23-21-37)51-36(2)59-34-69-51)60-52(66)47-31-41(64)32-62(47)53(67)43(54(3,4)5)30-40(63)19-17-15-13-11-9-7-6-8-10-12-14-16-18-28-68-33-48(65)42-25-26-44(55)49(57)50(42)61-46-27-24-39(58)29-45(46)56;1-24(26-15-17-27(18-16-26)32-25(2)37-23-44-32)38-33(42)31-21-29(41)22-39(31)34(43)30(35(3,4)5)20-28(40)14-12-10-8-6-7-9-11-13-19-36/h20-27,29,34-35,41,43,47,61,64H,6-19,28,30-33H2,1-5H3,(H,60,66);15-18,23-24,29-31,41H,6-14,19-22,36H2,1-5H3,(H,38,42)/t35-,41+,43+,47-;24-,29+,30+,31-/m00/s1. The number of benzene rings is 4. The quantitative estimate of drug-likeness (QED) is 0.0118. The Morgan fingerprint density at radius 2 is 0.956 bits per heavy atom. The molecule has 7 N–H and O–H groups in total. The van der Waals surface area contributed by atoms with E-state index in [0.717, 1.165) is 146 Å². The molecule has 0 unspecified atom stereocenters. The maximum absolute atomic E-state index is 14.7. The van der Waals surface area contributed by atoms with Gasteiger partial charge in [0.2, 0.25) is 23.6 Å². The lowest BCUT2D eigenvalue weighted by Crippen LogP contribution is -2.50. The van der Waals surface area contributed by atoms with Gasteiger partial charge >= 0.3 is 0 Å². The molecule has 2 saturated heterocycles. The van der Waals surface area contributed by atoms with Gasteiger partial charge in [-0.3, -0.25) is 33.6 Å². The number of amides is 4. The van der Waals surface area contributed by atoms with Gasteiger partial charge in [-0.15, -0.1) is 22.7 Å². The lowest BCUT2D eigenvalue weighted by molar-refractivity contribution is -0.146. The van der Waals surface area contributed by atoms with Gasteiger partial charge in [0.15, 0.2) is 17.4 Å². The first-order valence-corrected chi connectivity index (χ1v) is 43.8. The lowest BCUT2D eigenvalue weighted by Gasteiger charge is -2.35. The molecule has 8 rings (SSSR count). The Labute approximate surface area is 690 Å². The van der Waals surface area contributed by atoms with Crippen molar-refractivity contribution in [2.24, 2.45) is 28.4 Å². The number of ketones is 3. The lowest BCUT2D eigenvalue weighted by atomic mass is 9.76. The molecule has 113 heavy (non-hydrogen) atoms. The SMILES string of the molecule is Cc1ncsc1-c1ccc([C@H](C)NC(=O)[C@@H]2C[C@@H](O)CN2C(=O)[C@@H](CC(=O)CCCCCCCCCCCCCCCOCC(=O)c2ccc(F)c(F)c2Nc2ccc(I)cc2F)C(C)(C)C)cc1.Cc1ncsc1-c1ccc([C@H](C)NC(=O)[C@@H]2C[C@@H](O)CN2C(=O)[C@@H](CC(=O)CCCCCCCCCCN)C(C)(C)C)cc1. The third-order valence-electron chi connectivity index (χ3n) is 21.8. The zero-order valence-corrected chi connectivity index (χ0v) is 72.1. The Kier molecular flexibility index (Phi) is 38.7. The van der Waals surface area contributed by atoms with Crippen LogP contribution < -0.4 is 21.7 Å². The second-order valence-electron chi connectivity index (χ2n) is 33.1. The fourth-order valence-electron chi connectivity index (χ4n) is 14.9. The van der Waals surface area contributed by atoms with Crippen LogP contribution in [0.1, 0.15) is 274 Å². The molecule has 4 heterocycles. The van der Waals surface area contributed by atoms with Gasteiger partial charge in [-0.1, -0.05) is 199 Å². The van der Waals surface area contributed by atoms with E-state index in [1.807, 2.05) is 151 Å². The summed E-state index contributed by atoms with van der Waals surface area (Å²) in [6.07, 6.45) is 22.4. The summed E-state index contributed by atoms with van der Waals surface area (Å²) >= 11 is 5.12. The number of carbonyl (C=O) groups is 7. The fraction of sp³-hybridized carbons (Fsp3) is 0.584. The highest BCUT2D eigenvalue weighted by atomic mass is 127. The Morgan fingerprint density at radius 3 is 1.34 bits per heavy atom. The summed E-state index contributed by atoms with van der Waals surface area (Å²) in [7, 11) is 0. The number of thiazole rings is 2. The number of aromatic nitrogens is 2. The van der Waals surface area contributed by atoms with Crippen molar-refractivity contribution in [2.75, 3.05) is 38.2 Å². The number of likely N-dealkylation sites (tertiary alicyclic amines) is 2. The summed E-state index contributed by atoms with van der Waals surface area (Å²) in [5.41, 5.74) is 13.6. The molecule has 8 atom stereocenters. The zero-order valence-electron chi connectivity index (χ0n) is 68.3. The molecule has 2 fully saturated rings. The van der Waals surface area contributed by atoms with Crippen molar-refractivity contribution >= 4 is 97.6 Å². The number of carbonyl (C=O) groups excluding carboxylic acids is 7. The van der Waals surface area contributed by atoms with Crippen LogP contribution in [0.15, 0.2) is 89.9 Å². The van der Waals surface area contributed by atoms with E-state index in [1.54, 1.807) is 28.7 Å². The largest absolute Gasteiger partial charge is 0.391 e. The normalized spacial score (nSPS) is 16.8. The summed E-state index contributed by atoms with van der Waals surface area (Å²) in [5.74, 6) is -5.68. The summed E-state index contributed by atoms with van der Waals surface area (Å²) in [6.45, 7) is 20.5. The van der Waals surface area contributed by atoms with E-state index in [4.69, 9.17) is 10.5 Å². The molecule has 0 radical (unpaired) electrons. The van der Waals surface area contributed by atoms with E-state index in [0.29, 0.717) is 23.0 Å². The molecule has 620 valence electrons. The van der Waals surface area contributed by atoms with E-state index in [1.165, 1.54) is 72.9 Å². The Hall–Kier alpha value is -6.81. The molecule has 4 aromatic carbocycles. The van der Waals surface area contributed by atoms with Crippen molar-refractivity contribution in [3.8, 4) is 20.9 Å². The van der Waals surface area contributed by atoms with Crippen molar-refractivity contribution in [3.05, 3.63) is 139 Å². The maximum Gasteiger partial charge on any atom is 0.243 e. The first kappa shape index (κ1) is 93.4. The van der Waals surface area contributed by atoms with Gasteiger partial charge in [0.1, 0.15) is 36.1 Å². The van der Waals surface area contributed by atoms with Crippen LogP contribution in [-0.4, -0.2) is 128 Å². The number of β-amino-alcohol motifs (C(OH)–C–C–N with tert-alkyl or cyclic N) is 2. The number of Topliss-reactive ketones (excluding diaryl/α,β-unsaturated/α-hetero) is 3. The number of nitrogens with two attached hydrogens (primary N) is 1.